The molecule has 2 atom stereocenters. The molecule has 0 spiro atoms. The Kier molecular flexibility index (Phi) is 11.2. The van der Waals surface area contributed by atoms with Crippen LogP contribution in [0.15, 0.2) is 0 Å². The van der Waals surface area contributed by atoms with Crippen LogP contribution >= 0.6 is 12.4 Å². The van der Waals surface area contributed by atoms with Gasteiger partial charge in [0.05, 0.1) is 18.8 Å². The number of carbonyl (C=O) groups is 1. The molecule has 1 amide bonds. The van der Waals surface area contributed by atoms with Gasteiger partial charge in [-0.15, -0.1) is 12.4 Å². The van der Waals surface area contributed by atoms with E-state index in [4.69, 9.17) is 10.5 Å². The minimum Gasteiger partial charge on any atom is -0.376 e. The predicted molar refractivity (Wildman–Crippen MR) is 85.1 cm³/mol. The molecule has 4 nitrogen and oxygen atoms in total. The molecular formula is C15H31ClN2O2. The maximum absolute atomic E-state index is 11.8. The van der Waals surface area contributed by atoms with Crippen LogP contribution in [0.4, 0.5) is 0 Å². The highest BCUT2D eigenvalue weighted by molar-refractivity contribution is 5.85. The number of halogens is 1. The zero-order valence-electron chi connectivity index (χ0n) is 12.9. The van der Waals surface area contributed by atoms with E-state index in [0.29, 0.717) is 19.3 Å². The monoisotopic (exact) mass is 306 g/mol. The van der Waals surface area contributed by atoms with Gasteiger partial charge in [0.25, 0.3) is 0 Å². The van der Waals surface area contributed by atoms with Crippen LogP contribution in [0.1, 0.15) is 58.8 Å². The van der Waals surface area contributed by atoms with Gasteiger partial charge in [-0.2, -0.15) is 0 Å². The number of hydrogen-bond donors (Lipinski definition) is 2. The van der Waals surface area contributed by atoms with Crippen LogP contribution in [-0.4, -0.2) is 31.2 Å². The summed E-state index contributed by atoms with van der Waals surface area (Å²) in [6.45, 7) is 5.22. The fourth-order valence-corrected chi connectivity index (χ4v) is 2.44. The summed E-state index contributed by atoms with van der Waals surface area (Å²) in [7, 11) is 0. The van der Waals surface area contributed by atoms with E-state index >= 15 is 0 Å². The molecule has 0 aromatic heterocycles. The van der Waals surface area contributed by atoms with Crippen LogP contribution in [0.25, 0.3) is 0 Å². The molecule has 3 N–H and O–H groups in total. The maximum Gasteiger partial charge on any atom is 0.237 e. The molecule has 120 valence electrons. The average molecular weight is 307 g/mol. The number of rotatable bonds is 7. The third-order valence-electron chi connectivity index (χ3n) is 4.12. The fraction of sp³-hybridized carbons (Fsp3) is 0.933. The molecule has 1 rings (SSSR count). The van der Waals surface area contributed by atoms with Crippen molar-refractivity contribution in [2.75, 3.05) is 13.2 Å². The van der Waals surface area contributed by atoms with Crippen molar-refractivity contribution in [3.63, 3.8) is 0 Å². The van der Waals surface area contributed by atoms with E-state index in [1.807, 2.05) is 13.8 Å². The molecule has 0 radical (unpaired) electrons. The molecular weight excluding hydrogens is 276 g/mol. The van der Waals surface area contributed by atoms with Gasteiger partial charge in [-0.1, -0.05) is 46.0 Å². The largest absolute Gasteiger partial charge is 0.376 e. The van der Waals surface area contributed by atoms with Crippen LogP contribution in [0, 0.1) is 5.92 Å². The smallest absolute Gasteiger partial charge is 0.237 e. The first-order valence-electron chi connectivity index (χ1n) is 7.80. The quantitative estimate of drug-likeness (QED) is 0.561. The Bertz CT molecular complexity index is 256. The lowest BCUT2D eigenvalue weighted by molar-refractivity contribution is -0.123. The molecule has 0 heterocycles. The molecule has 5 heteroatoms. The third-order valence-corrected chi connectivity index (χ3v) is 4.12. The first kappa shape index (κ1) is 19.7. The third kappa shape index (κ3) is 7.46. The Morgan fingerprint density at radius 1 is 1.30 bits per heavy atom. The van der Waals surface area contributed by atoms with Crippen molar-refractivity contribution in [2.45, 2.75) is 70.9 Å². The molecule has 0 bridgehead atoms. The summed E-state index contributed by atoms with van der Waals surface area (Å²) < 4.78 is 5.82. The lowest BCUT2D eigenvalue weighted by Crippen LogP contribution is -2.45. The van der Waals surface area contributed by atoms with Gasteiger partial charge in [0.1, 0.15) is 0 Å². The second-order valence-corrected chi connectivity index (χ2v) is 5.69. The van der Waals surface area contributed by atoms with E-state index in [9.17, 15) is 4.79 Å². The Hall–Kier alpha value is -0.320. The molecule has 1 aliphatic carbocycles. The average Bonchev–Trinajstić information content (AvgIpc) is 2.70. The number of nitrogens with two attached hydrogens (primary N) is 1. The molecule has 0 aromatic carbocycles. The van der Waals surface area contributed by atoms with Crippen LogP contribution in [0.3, 0.4) is 0 Å². The van der Waals surface area contributed by atoms with Gasteiger partial charge in [-0.3, -0.25) is 4.79 Å². The Morgan fingerprint density at radius 2 is 1.90 bits per heavy atom. The number of ether oxygens (including phenoxy) is 1. The minimum atomic E-state index is -0.400. The zero-order chi connectivity index (χ0) is 14.1. The standard InChI is InChI=1S/C15H30N2O2.ClH/c1-3-12(2)14(16)15(18)17-10-11-19-13-8-6-4-5-7-9-13;/h12-14H,3-11,16H2,1-2H3,(H,17,18);1H. The summed E-state index contributed by atoms with van der Waals surface area (Å²) in [5.41, 5.74) is 5.86. The van der Waals surface area contributed by atoms with Gasteiger partial charge in [0.2, 0.25) is 5.91 Å². The van der Waals surface area contributed by atoms with Gasteiger partial charge in [0, 0.05) is 6.54 Å². The van der Waals surface area contributed by atoms with Crippen LogP contribution < -0.4 is 11.1 Å². The molecule has 1 aliphatic rings. The number of carbonyl (C=O) groups excluding carboxylic acids is 1. The molecule has 0 saturated heterocycles. The van der Waals surface area contributed by atoms with Crippen LogP contribution in [0.5, 0.6) is 0 Å². The molecule has 1 fully saturated rings. The highest BCUT2D eigenvalue weighted by atomic mass is 35.5. The van der Waals surface area contributed by atoms with Crippen molar-refractivity contribution in [3.05, 3.63) is 0 Å². The van der Waals surface area contributed by atoms with E-state index in [2.05, 4.69) is 5.32 Å². The lowest BCUT2D eigenvalue weighted by atomic mass is 9.99. The molecule has 20 heavy (non-hydrogen) atoms. The maximum atomic E-state index is 11.8. The summed E-state index contributed by atoms with van der Waals surface area (Å²) in [6, 6.07) is -0.400. The van der Waals surface area contributed by atoms with E-state index in [0.717, 1.165) is 6.42 Å². The number of nitrogens with one attached hydrogen (secondary N) is 1. The van der Waals surface area contributed by atoms with Crippen molar-refractivity contribution in [2.24, 2.45) is 11.7 Å². The van der Waals surface area contributed by atoms with Gasteiger partial charge in [-0.05, 0) is 18.8 Å². The van der Waals surface area contributed by atoms with E-state index in [-0.39, 0.29) is 24.2 Å². The van der Waals surface area contributed by atoms with Crippen LogP contribution in [-0.2, 0) is 9.53 Å². The molecule has 2 unspecified atom stereocenters. The van der Waals surface area contributed by atoms with E-state index in [1.54, 1.807) is 0 Å². The topological polar surface area (TPSA) is 64.4 Å². The van der Waals surface area contributed by atoms with Crippen molar-refractivity contribution in [1.82, 2.24) is 5.32 Å². The number of amides is 1. The second-order valence-electron chi connectivity index (χ2n) is 5.69. The highest BCUT2D eigenvalue weighted by Gasteiger charge is 2.19. The summed E-state index contributed by atoms with van der Waals surface area (Å²) in [6.07, 6.45) is 8.86. The number of hydrogen-bond acceptors (Lipinski definition) is 3. The first-order valence-corrected chi connectivity index (χ1v) is 7.80. The molecule has 0 aliphatic heterocycles. The summed E-state index contributed by atoms with van der Waals surface area (Å²) in [5.74, 6) is 0.168. The SMILES string of the molecule is CCC(C)C(N)C(=O)NCCOC1CCCCCC1.Cl. The van der Waals surface area contributed by atoms with Gasteiger partial charge >= 0.3 is 0 Å². The summed E-state index contributed by atoms with van der Waals surface area (Å²) in [4.78, 5) is 11.8. The highest BCUT2D eigenvalue weighted by Crippen LogP contribution is 2.19. The Morgan fingerprint density at radius 3 is 2.45 bits per heavy atom. The second kappa shape index (κ2) is 11.4. The van der Waals surface area contributed by atoms with Crippen molar-refractivity contribution < 1.29 is 9.53 Å². The van der Waals surface area contributed by atoms with Gasteiger partial charge in [0.15, 0.2) is 0 Å². The van der Waals surface area contributed by atoms with Crippen molar-refractivity contribution >= 4 is 18.3 Å². The van der Waals surface area contributed by atoms with E-state index < -0.39 is 6.04 Å². The predicted octanol–water partition coefficient (Wildman–Crippen LogP) is 2.64. The van der Waals surface area contributed by atoms with Gasteiger partial charge in [-0.25, -0.2) is 0 Å². The molecule has 0 aromatic rings. The molecule has 1 saturated carbocycles. The van der Waals surface area contributed by atoms with Crippen LogP contribution in [0.2, 0.25) is 0 Å². The first-order chi connectivity index (χ1) is 9.15. The normalized spacial score (nSPS) is 19.6. The fourth-order valence-electron chi connectivity index (χ4n) is 2.44. The minimum absolute atomic E-state index is 0. The van der Waals surface area contributed by atoms with E-state index in [1.165, 1.54) is 38.5 Å². The van der Waals surface area contributed by atoms with Crippen molar-refractivity contribution in [1.29, 1.82) is 0 Å². The lowest BCUT2D eigenvalue weighted by Gasteiger charge is -2.19. The Balaban J connectivity index is 0.00000361. The summed E-state index contributed by atoms with van der Waals surface area (Å²) in [5, 5.41) is 2.86. The zero-order valence-corrected chi connectivity index (χ0v) is 13.7. The Labute approximate surface area is 129 Å². The summed E-state index contributed by atoms with van der Waals surface area (Å²) >= 11 is 0. The van der Waals surface area contributed by atoms with Crippen molar-refractivity contribution in [3.8, 4) is 0 Å². The van der Waals surface area contributed by atoms with Gasteiger partial charge < -0.3 is 15.8 Å².